The number of aliphatic hydroxyl groups is 1. The highest BCUT2D eigenvalue weighted by atomic mass is 35.5. The average Bonchev–Trinajstić information content (AvgIpc) is 2.88. The van der Waals surface area contributed by atoms with Crippen LogP contribution in [0.5, 0.6) is 0 Å². The molecule has 3 nitrogen and oxygen atoms in total. The van der Waals surface area contributed by atoms with Gasteiger partial charge in [0.15, 0.2) is 0 Å². The molecule has 6 unspecified atom stereocenters. The molecule has 3 rings (SSSR count). The smallest absolute Gasteiger partial charge is 0.0900 e. The average molecular weight is 360 g/mol. The lowest BCUT2D eigenvalue weighted by Crippen LogP contribution is -2.46. The lowest BCUT2D eigenvalue weighted by atomic mass is 9.70. The van der Waals surface area contributed by atoms with Crippen LogP contribution in [-0.4, -0.2) is 48.5 Å². The van der Waals surface area contributed by atoms with Crippen LogP contribution in [0.4, 0.5) is 0 Å². The monoisotopic (exact) mass is 359 g/mol. The number of likely N-dealkylation sites (tertiary alicyclic amines) is 1. The molecule has 1 heterocycles. The van der Waals surface area contributed by atoms with Crippen LogP contribution in [0.1, 0.15) is 60.3 Å². The zero-order valence-electron chi connectivity index (χ0n) is 16.3. The highest BCUT2D eigenvalue weighted by Crippen LogP contribution is 2.63. The van der Waals surface area contributed by atoms with Crippen LogP contribution in [0.3, 0.4) is 0 Å². The highest BCUT2D eigenvalue weighted by Gasteiger charge is 2.60. The van der Waals surface area contributed by atoms with Crippen molar-refractivity contribution in [2.75, 3.05) is 26.2 Å². The maximum absolute atomic E-state index is 10.5. The quantitative estimate of drug-likeness (QED) is 0.805. The van der Waals surface area contributed by atoms with Gasteiger partial charge >= 0.3 is 0 Å². The first-order valence-corrected chi connectivity index (χ1v) is 9.73. The number of fused-ring (bicyclic) bond motifs is 2. The molecule has 1 aliphatic heterocycles. The zero-order chi connectivity index (χ0) is 16.8. The lowest BCUT2D eigenvalue weighted by Gasteiger charge is -2.43. The second-order valence-corrected chi connectivity index (χ2v) is 9.95. The summed E-state index contributed by atoms with van der Waals surface area (Å²) in [7, 11) is 0. The lowest BCUT2D eigenvalue weighted by molar-refractivity contribution is -0.114. The molecule has 0 aromatic heterocycles. The molecule has 4 heteroatoms. The molecular formula is C20H38ClNO2. The summed E-state index contributed by atoms with van der Waals surface area (Å²) in [6.07, 6.45) is 5.23. The number of rotatable bonds is 5. The molecule has 0 radical (unpaired) electrons. The number of hydrogen-bond acceptors (Lipinski definition) is 3. The van der Waals surface area contributed by atoms with Gasteiger partial charge in [0.05, 0.1) is 18.8 Å². The van der Waals surface area contributed by atoms with Crippen LogP contribution in [0.2, 0.25) is 0 Å². The standard InChI is InChI=1S/C20H37NO2.ClH/c1-14-8-15(2)11-21(10-14)12-17(22)13-23-18-19(3,4)16-6-7-20(18,5)9-16;/h14-18,22H,6-13H2,1-5H3;1H. The van der Waals surface area contributed by atoms with Crippen LogP contribution in [0.15, 0.2) is 0 Å². The molecule has 0 aromatic carbocycles. The SMILES string of the molecule is CC1CC(C)CN(CC(O)COC2C3(C)CCC(C3)C2(C)C)C1.Cl. The predicted octanol–water partition coefficient (Wildman–Crippen LogP) is 3.98. The Balaban J connectivity index is 0.00000208. The van der Waals surface area contributed by atoms with Gasteiger partial charge in [-0.15, -0.1) is 12.4 Å². The Morgan fingerprint density at radius 1 is 1.17 bits per heavy atom. The topological polar surface area (TPSA) is 32.7 Å². The molecule has 3 aliphatic rings. The zero-order valence-corrected chi connectivity index (χ0v) is 17.1. The van der Waals surface area contributed by atoms with E-state index in [0.29, 0.717) is 18.1 Å². The Hall–Kier alpha value is 0.170. The fourth-order valence-electron chi connectivity index (χ4n) is 6.17. The van der Waals surface area contributed by atoms with Gasteiger partial charge in [-0.2, -0.15) is 0 Å². The van der Waals surface area contributed by atoms with E-state index in [1.807, 2.05) is 0 Å². The van der Waals surface area contributed by atoms with Crippen LogP contribution >= 0.6 is 12.4 Å². The number of hydrogen-bond donors (Lipinski definition) is 1. The molecule has 0 spiro atoms. The fourth-order valence-corrected chi connectivity index (χ4v) is 6.17. The Morgan fingerprint density at radius 2 is 1.79 bits per heavy atom. The van der Waals surface area contributed by atoms with E-state index in [1.165, 1.54) is 25.7 Å². The summed E-state index contributed by atoms with van der Waals surface area (Å²) < 4.78 is 6.34. The molecule has 2 aliphatic carbocycles. The molecule has 2 saturated carbocycles. The van der Waals surface area contributed by atoms with Crippen LogP contribution < -0.4 is 0 Å². The van der Waals surface area contributed by atoms with E-state index >= 15 is 0 Å². The van der Waals surface area contributed by atoms with Crippen molar-refractivity contribution in [2.45, 2.75) is 72.5 Å². The van der Waals surface area contributed by atoms with Crippen molar-refractivity contribution in [3.63, 3.8) is 0 Å². The second kappa shape index (κ2) is 7.42. The summed E-state index contributed by atoms with van der Waals surface area (Å²) in [6, 6.07) is 0. The molecule has 24 heavy (non-hydrogen) atoms. The van der Waals surface area contributed by atoms with Gasteiger partial charge in [-0.25, -0.2) is 0 Å². The van der Waals surface area contributed by atoms with E-state index in [4.69, 9.17) is 4.74 Å². The van der Waals surface area contributed by atoms with Crippen LogP contribution in [0, 0.1) is 28.6 Å². The summed E-state index contributed by atoms with van der Waals surface area (Å²) in [5.74, 6) is 2.30. The molecule has 1 N–H and O–H groups in total. The predicted molar refractivity (Wildman–Crippen MR) is 102 cm³/mol. The molecule has 0 amide bonds. The van der Waals surface area contributed by atoms with Crippen molar-refractivity contribution < 1.29 is 9.84 Å². The summed E-state index contributed by atoms with van der Waals surface area (Å²) in [6.45, 7) is 15.3. The van der Waals surface area contributed by atoms with Crippen molar-refractivity contribution in [1.29, 1.82) is 0 Å². The minimum Gasteiger partial charge on any atom is -0.389 e. The molecule has 3 fully saturated rings. The van der Waals surface area contributed by atoms with Gasteiger partial charge in [0.2, 0.25) is 0 Å². The Kier molecular flexibility index (Phi) is 6.33. The Labute approximate surface area is 154 Å². The van der Waals surface area contributed by atoms with Crippen molar-refractivity contribution in [1.82, 2.24) is 4.90 Å². The highest BCUT2D eigenvalue weighted by molar-refractivity contribution is 5.85. The minimum absolute atomic E-state index is 0. The van der Waals surface area contributed by atoms with Crippen LogP contribution in [0.25, 0.3) is 0 Å². The van der Waals surface area contributed by atoms with E-state index in [-0.39, 0.29) is 23.9 Å². The molecule has 0 aromatic rings. The van der Waals surface area contributed by atoms with Crippen LogP contribution in [-0.2, 0) is 4.74 Å². The molecule has 142 valence electrons. The first kappa shape index (κ1) is 20.5. The second-order valence-electron chi connectivity index (χ2n) is 9.95. The largest absolute Gasteiger partial charge is 0.389 e. The van der Waals surface area contributed by atoms with Crippen molar-refractivity contribution >= 4 is 12.4 Å². The molecule has 6 atom stereocenters. The van der Waals surface area contributed by atoms with E-state index in [1.54, 1.807) is 0 Å². The fraction of sp³-hybridized carbons (Fsp3) is 1.00. The third-order valence-corrected chi connectivity index (χ3v) is 7.01. The van der Waals surface area contributed by atoms with E-state index in [2.05, 4.69) is 39.5 Å². The molecule has 2 bridgehead atoms. The third kappa shape index (κ3) is 3.95. The first-order chi connectivity index (χ1) is 10.7. The Bertz CT molecular complexity index is 415. The maximum atomic E-state index is 10.5. The van der Waals surface area contributed by atoms with Crippen molar-refractivity contribution in [2.24, 2.45) is 28.6 Å². The van der Waals surface area contributed by atoms with Gasteiger partial charge < -0.3 is 14.7 Å². The first-order valence-electron chi connectivity index (χ1n) is 9.73. The number of aliphatic hydroxyl groups excluding tert-OH is 1. The number of ether oxygens (including phenoxy) is 1. The summed E-state index contributed by atoms with van der Waals surface area (Å²) in [5.41, 5.74) is 0.600. The van der Waals surface area contributed by atoms with Gasteiger partial charge in [-0.1, -0.05) is 34.6 Å². The van der Waals surface area contributed by atoms with Crippen molar-refractivity contribution in [3.05, 3.63) is 0 Å². The van der Waals surface area contributed by atoms with E-state index in [0.717, 1.165) is 37.4 Å². The van der Waals surface area contributed by atoms with E-state index < -0.39 is 0 Å². The summed E-state index contributed by atoms with van der Waals surface area (Å²) in [4.78, 5) is 2.43. The minimum atomic E-state index is -0.356. The van der Waals surface area contributed by atoms with Gasteiger partial charge in [-0.3, -0.25) is 0 Å². The molecular weight excluding hydrogens is 322 g/mol. The van der Waals surface area contributed by atoms with Crippen molar-refractivity contribution in [3.8, 4) is 0 Å². The van der Waals surface area contributed by atoms with Gasteiger partial charge in [0.25, 0.3) is 0 Å². The number of halogens is 1. The number of piperidine rings is 1. The van der Waals surface area contributed by atoms with Gasteiger partial charge in [-0.05, 0) is 54.3 Å². The van der Waals surface area contributed by atoms with E-state index in [9.17, 15) is 5.11 Å². The van der Waals surface area contributed by atoms with Gasteiger partial charge in [0.1, 0.15) is 0 Å². The summed E-state index contributed by atoms with van der Waals surface area (Å²) in [5, 5.41) is 10.5. The Morgan fingerprint density at radius 3 is 2.33 bits per heavy atom. The maximum Gasteiger partial charge on any atom is 0.0900 e. The molecule has 1 saturated heterocycles. The number of nitrogens with zero attached hydrogens (tertiary/aromatic N) is 1. The third-order valence-electron chi connectivity index (χ3n) is 7.01. The number of β-amino-alcohol motifs (C(OH)–C–C–N with tert-alkyl or cyclic N) is 1. The normalized spacial score (nSPS) is 42.8. The summed E-state index contributed by atoms with van der Waals surface area (Å²) >= 11 is 0. The van der Waals surface area contributed by atoms with Gasteiger partial charge in [0, 0.05) is 19.6 Å².